The molecule has 5 nitrogen and oxygen atoms in total. The van der Waals surface area contributed by atoms with E-state index in [9.17, 15) is 8.42 Å². The second-order valence-electron chi connectivity index (χ2n) is 7.10. The molecule has 0 saturated carbocycles. The first kappa shape index (κ1) is 17.4. The minimum absolute atomic E-state index is 0.0155. The Balaban J connectivity index is 1.67. The Morgan fingerprint density at radius 3 is 2.77 bits per heavy atom. The molecule has 138 valence electrons. The van der Waals surface area contributed by atoms with Crippen LogP contribution < -0.4 is 14.8 Å². The van der Waals surface area contributed by atoms with Crippen molar-refractivity contribution in [3.63, 3.8) is 0 Å². The molecule has 2 aromatic rings. The highest BCUT2D eigenvalue weighted by Gasteiger charge is 2.36. The standard InChI is InChI=1S/C20H23NO4S/c1-13(2)24-14-4-3-5-15(10-14)26(22,23)16-6-7-17-18-8-9-21-12-20(18)25-19(17)11-16/h3-7,10-11,13,18,20-21H,8-9,12H2,1-2H3. The van der Waals surface area contributed by atoms with Crippen molar-refractivity contribution in [2.45, 2.75) is 48.2 Å². The molecule has 0 bridgehead atoms. The van der Waals surface area contributed by atoms with E-state index < -0.39 is 9.84 Å². The lowest BCUT2D eigenvalue weighted by atomic mass is 9.90. The van der Waals surface area contributed by atoms with Crippen molar-refractivity contribution < 1.29 is 17.9 Å². The van der Waals surface area contributed by atoms with Crippen LogP contribution in [0.3, 0.4) is 0 Å². The summed E-state index contributed by atoms with van der Waals surface area (Å²) >= 11 is 0. The van der Waals surface area contributed by atoms with Crippen LogP contribution in [0.15, 0.2) is 52.3 Å². The Morgan fingerprint density at radius 2 is 1.96 bits per heavy atom. The molecule has 2 aliphatic heterocycles. The summed E-state index contributed by atoms with van der Waals surface area (Å²) in [6.45, 7) is 5.59. The van der Waals surface area contributed by atoms with Gasteiger partial charge in [-0.2, -0.15) is 0 Å². The summed E-state index contributed by atoms with van der Waals surface area (Å²) in [7, 11) is -3.63. The number of rotatable bonds is 4. The second kappa shape index (κ2) is 6.59. The molecule has 1 N–H and O–H groups in total. The van der Waals surface area contributed by atoms with Crippen LogP contribution in [-0.2, 0) is 9.84 Å². The van der Waals surface area contributed by atoms with E-state index in [0.717, 1.165) is 25.1 Å². The van der Waals surface area contributed by atoms with Crippen LogP contribution in [-0.4, -0.2) is 33.7 Å². The van der Waals surface area contributed by atoms with E-state index in [1.54, 1.807) is 36.4 Å². The van der Waals surface area contributed by atoms with Gasteiger partial charge >= 0.3 is 0 Å². The fraction of sp³-hybridized carbons (Fsp3) is 0.400. The molecule has 2 aliphatic rings. The highest BCUT2D eigenvalue weighted by Crippen LogP contribution is 2.42. The Labute approximate surface area is 154 Å². The smallest absolute Gasteiger partial charge is 0.206 e. The average Bonchev–Trinajstić information content (AvgIpc) is 2.99. The van der Waals surface area contributed by atoms with Crippen molar-refractivity contribution in [1.29, 1.82) is 0 Å². The van der Waals surface area contributed by atoms with Gasteiger partial charge in [0.15, 0.2) is 0 Å². The first-order chi connectivity index (χ1) is 12.4. The van der Waals surface area contributed by atoms with Crippen molar-refractivity contribution in [2.75, 3.05) is 13.1 Å². The zero-order valence-corrected chi connectivity index (χ0v) is 15.8. The lowest BCUT2D eigenvalue weighted by Crippen LogP contribution is -2.39. The van der Waals surface area contributed by atoms with Gasteiger partial charge in [-0.3, -0.25) is 0 Å². The van der Waals surface area contributed by atoms with Crippen LogP contribution in [0.4, 0.5) is 0 Å². The SMILES string of the molecule is CC(C)Oc1cccc(S(=O)(=O)c2ccc3c(c2)OC2CNCCC32)c1. The molecular formula is C20H23NO4S. The van der Waals surface area contributed by atoms with Gasteiger partial charge in [0.1, 0.15) is 17.6 Å². The van der Waals surface area contributed by atoms with Crippen LogP contribution in [0.5, 0.6) is 11.5 Å². The monoisotopic (exact) mass is 373 g/mol. The van der Waals surface area contributed by atoms with Crippen LogP contribution in [0, 0.1) is 0 Å². The van der Waals surface area contributed by atoms with Crippen molar-refractivity contribution in [3.8, 4) is 11.5 Å². The number of sulfone groups is 1. The fourth-order valence-electron chi connectivity index (χ4n) is 3.69. The maximum Gasteiger partial charge on any atom is 0.206 e. The Hall–Kier alpha value is -2.05. The van der Waals surface area contributed by atoms with Crippen LogP contribution in [0.2, 0.25) is 0 Å². The van der Waals surface area contributed by atoms with Gasteiger partial charge in [-0.1, -0.05) is 12.1 Å². The van der Waals surface area contributed by atoms with Crippen molar-refractivity contribution in [3.05, 3.63) is 48.0 Å². The summed E-state index contributed by atoms with van der Waals surface area (Å²) in [6, 6.07) is 11.9. The molecule has 6 heteroatoms. The topological polar surface area (TPSA) is 64.6 Å². The maximum atomic E-state index is 13.1. The average molecular weight is 373 g/mol. The van der Waals surface area contributed by atoms with E-state index in [1.165, 1.54) is 0 Å². The van der Waals surface area contributed by atoms with Crippen LogP contribution >= 0.6 is 0 Å². The number of hydrogen-bond acceptors (Lipinski definition) is 5. The summed E-state index contributed by atoms with van der Waals surface area (Å²) in [5.74, 6) is 1.60. The Kier molecular flexibility index (Phi) is 4.40. The third-order valence-corrected chi connectivity index (χ3v) is 6.64. The van der Waals surface area contributed by atoms with Gasteiger partial charge in [0.2, 0.25) is 9.84 Å². The number of benzene rings is 2. The number of piperidine rings is 1. The first-order valence-corrected chi connectivity index (χ1v) is 10.5. The van der Waals surface area contributed by atoms with Gasteiger partial charge in [-0.25, -0.2) is 8.42 Å². The maximum absolute atomic E-state index is 13.1. The van der Waals surface area contributed by atoms with E-state index >= 15 is 0 Å². The number of hydrogen-bond donors (Lipinski definition) is 1. The molecule has 2 atom stereocenters. The predicted octanol–water partition coefficient (Wildman–Crippen LogP) is 3.14. The Morgan fingerprint density at radius 1 is 1.15 bits per heavy atom. The number of ether oxygens (including phenoxy) is 2. The fourth-order valence-corrected chi connectivity index (χ4v) is 5.00. The van der Waals surface area contributed by atoms with E-state index in [-0.39, 0.29) is 22.0 Å². The summed E-state index contributed by atoms with van der Waals surface area (Å²) in [4.78, 5) is 0.484. The number of nitrogens with one attached hydrogen (secondary N) is 1. The van der Waals surface area contributed by atoms with Crippen molar-refractivity contribution >= 4 is 9.84 Å². The van der Waals surface area contributed by atoms with Gasteiger partial charge in [-0.15, -0.1) is 0 Å². The van der Waals surface area contributed by atoms with E-state index in [2.05, 4.69) is 5.32 Å². The molecule has 0 aliphatic carbocycles. The van der Waals surface area contributed by atoms with E-state index in [0.29, 0.717) is 17.4 Å². The molecule has 0 radical (unpaired) electrons. The zero-order chi connectivity index (χ0) is 18.3. The molecule has 1 saturated heterocycles. The molecule has 26 heavy (non-hydrogen) atoms. The molecule has 0 spiro atoms. The molecule has 2 aromatic carbocycles. The third kappa shape index (κ3) is 3.08. The highest BCUT2D eigenvalue weighted by molar-refractivity contribution is 7.91. The molecular weight excluding hydrogens is 350 g/mol. The normalized spacial score (nSPS) is 21.8. The van der Waals surface area contributed by atoms with Gasteiger partial charge in [-0.05, 0) is 57.1 Å². The largest absolute Gasteiger partial charge is 0.491 e. The predicted molar refractivity (Wildman–Crippen MR) is 98.7 cm³/mol. The molecule has 2 heterocycles. The summed E-state index contributed by atoms with van der Waals surface area (Å²) in [5.41, 5.74) is 1.12. The molecule has 0 aromatic heterocycles. The third-order valence-electron chi connectivity index (χ3n) is 4.89. The van der Waals surface area contributed by atoms with Crippen LogP contribution in [0.1, 0.15) is 31.7 Å². The van der Waals surface area contributed by atoms with Crippen LogP contribution in [0.25, 0.3) is 0 Å². The number of fused-ring (bicyclic) bond motifs is 3. The lowest BCUT2D eigenvalue weighted by molar-refractivity contribution is 0.176. The summed E-state index contributed by atoms with van der Waals surface area (Å²) in [5, 5.41) is 3.33. The minimum Gasteiger partial charge on any atom is -0.491 e. The van der Waals surface area contributed by atoms with Gasteiger partial charge < -0.3 is 14.8 Å². The van der Waals surface area contributed by atoms with Gasteiger partial charge in [0.05, 0.1) is 15.9 Å². The van der Waals surface area contributed by atoms with E-state index in [1.807, 2.05) is 19.9 Å². The molecule has 1 fully saturated rings. The van der Waals surface area contributed by atoms with Crippen molar-refractivity contribution in [1.82, 2.24) is 5.32 Å². The second-order valence-corrected chi connectivity index (χ2v) is 9.05. The first-order valence-electron chi connectivity index (χ1n) is 8.98. The van der Waals surface area contributed by atoms with Gasteiger partial charge in [0.25, 0.3) is 0 Å². The zero-order valence-electron chi connectivity index (χ0n) is 14.9. The lowest BCUT2D eigenvalue weighted by Gasteiger charge is -2.24. The Bertz CT molecular complexity index is 923. The minimum atomic E-state index is -3.63. The van der Waals surface area contributed by atoms with Gasteiger partial charge in [0, 0.05) is 18.0 Å². The summed E-state index contributed by atoms with van der Waals surface area (Å²) in [6.07, 6.45) is 1.09. The highest BCUT2D eigenvalue weighted by atomic mass is 32.2. The summed E-state index contributed by atoms with van der Waals surface area (Å²) < 4.78 is 37.8. The molecule has 4 rings (SSSR count). The molecule has 0 amide bonds. The van der Waals surface area contributed by atoms with E-state index in [4.69, 9.17) is 9.47 Å². The quantitative estimate of drug-likeness (QED) is 0.892. The molecule has 2 unspecified atom stereocenters. The van der Waals surface area contributed by atoms with Crippen molar-refractivity contribution in [2.24, 2.45) is 0 Å².